The van der Waals surface area contributed by atoms with Crippen LogP contribution in [0.1, 0.15) is 12.5 Å². The third-order valence-electron chi connectivity index (χ3n) is 2.90. The molecule has 0 aliphatic carbocycles. The molecule has 0 unspecified atom stereocenters. The van der Waals surface area contributed by atoms with Gasteiger partial charge in [-0.15, -0.1) is 0 Å². The molecule has 0 aliphatic rings. The lowest BCUT2D eigenvalue weighted by Gasteiger charge is -2.22. The number of likely N-dealkylation sites (N-methyl/N-ethyl adjacent to an activating group) is 1. The predicted molar refractivity (Wildman–Crippen MR) is 73.4 cm³/mol. The summed E-state index contributed by atoms with van der Waals surface area (Å²) in [6.07, 6.45) is 0. The van der Waals surface area contributed by atoms with Gasteiger partial charge in [0, 0.05) is 25.0 Å². The van der Waals surface area contributed by atoms with Crippen LogP contribution in [-0.4, -0.2) is 24.6 Å². The number of hydrogen-bond donors (Lipinski definition) is 1. The van der Waals surface area contributed by atoms with Crippen LogP contribution in [0, 0.1) is 11.3 Å². The molecule has 1 aromatic heterocycles. The van der Waals surface area contributed by atoms with Gasteiger partial charge in [-0.05, 0) is 19.1 Å². The molecule has 4 heteroatoms. The Hall–Kier alpha value is -2.12. The molecule has 0 saturated carbocycles. The Morgan fingerprint density at radius 3 is 2.83 bits per heavy atom. The van der Waals surface area contributed by atoms with E-state index in [0.29, 0.717) is 18.7 Å². The molecule has 0 saturated heterocycles. The summed E-state index contributed by atoms with van der Waals surface area (Å²) in [4.78, 5) is 6.62. The van der Waals surface area contributed by atoms with Gasteiger partial charge in [0.05, 0.1) is 11.1 Å². The van der Waals surface area contributed by atoms with Crippen LogP contribution < -0.4 is 10.6 Å². The molecule has 1 heterocycles. The molecular weight excluding hydrogens is 224 g/mol. The number of nitriles is 1. The monoisotopic (exact) mass is 240 g/mol. The Morgan fingerprint density at radius 1 is 1.39 bits per heavy atom. The summed E-state index contributed by atoms with van der Waals surface area (Å²) in [5.41, 5.74) is 7.10. The molecule has 4 nitrogen and oxygen atoms in total. The maximum Gasteiger partial charge on any atom is 0.147 e. The maximum atomic E-state index is 9.24. The molecule has 0 bridgehead atoms. The van der Waals surface area contributed by atoms with Crippen LogP contribution in [0.3, 0.4) is 0 Å². The van der Waals surface area contributed by atoms with Crippen molar-refractivity contribution in [1.29, 1.82) is 5.26 Å². The minimum absolute atomic E-state index is 0.549. The third kappa shape index (κ3) is 2.27. The highest BCUT2D eigenvalue weighted by Crippen LogP contribution is 2.22. The van der Waals surface area contributed by atoms with Gasteiger partial charge in [0.2, 0.25) is 0 Å². The predicted octanol–water partition coefficient (Wildman–Crippen LogP) is 1.89. The molecule has 2 N–H and O–H groups in total. The second-order valence-corrected chi connectivity index (χ2v) is 4.03. The number of aromatic nitrogens is 1. The SMILES string of the molecule is CCN(CCN)c1nc2ccccc2cc1C#N. The van der Waals surface area contributed by atoms with Crippen molar-refractivity contribution in [3.8, 4) is 6.07 Å². The minimum Gasteiger partial charge on any atom is -0.355 e. The first-order chi connectivity index (χ1) is 8.80. The van der Waals surface area contributed by atoms with E-state index in [9.17, 15) is 5.26 Å². The number of rotatable bonds is 4. The quantitative estimate of drug-likeness (QED) is 0.886. The first-order valence-electron chi connectivity index (χ1n) is 6.05. The molecule has 0 aliphatic heterocycles. The summed E-state index contributed by atoms with van der Waals surface area (Å²) in [6.45, 7) is 4.08. The Balaban J connectivity index is 2.57. The van der Waals surface area contributed by atoms with E-state index in [1.807, 2.05) is 42.2 Å². The number of anilines is 1. The molecule has 2 rings (SSSR count). The van der Waals surface area contributed by atoms with E-state index in [0.717, 1.165) is 23.3 Å². The smallest absolute Gasteiger partial charge is 0.147 e. The van der Waals surface area contributed by atoms with Crippen LogP contribution in [0.4, 0.5) is 5.82 Å². The number of nitrogens with zero attached hydrogens (tertiary/aromatic N) is 3. The van der Waals surface area contributed by atoms with Gasteiger partial charge in [0.1, 0.15) is 11.9 Å². The molecule has 0 radical (unpaired) electrons. The van der Waals surface area contributed by atoms with E-state index in [2.05, 4.69) is 11.1 Å². The van der Waals surface area contributed by atoms with Crippen LogP contribution in [0.25, 0.3) is 10.9 Å². The first-order valence-corrected chi connectivity index (χ1v) is 6.05. The van der Waals surface area contributed by atoms with Crippen molar-refractivity contribution < 1.29 is 0 Å². The van der Waals surface area contributed by atoms with E-state index in [1.165, 1.54) is 0 Å². The van der Waals surface area contributed by atoms with Gasteiger partial charge in [-0.1, -0.05) is 18.2 Å². The van der Waals surface area contributed by atoms with Crippen LogP contribution in [0.5, 0.6) is 0 Å². The van der Waals surface area contributed by atoms with Gasteiger partial charge < -0.3 is 10.6 Å². The van der Waals surface area contributed by atoms with Gasteiger partial charge >= 0.3 is 0 Å². The zero-order valence-corrected chi connectivity index (χ0v) is 10.4. The second-order valence-electron chi connectivity index (χ2n) is 4.03. The number of benzene rings is 1. The van der Waals surface area contributed by atoms with Crippen LogP contribution in [-0.2, 0) is 0 Å². The van der Waals surface area contributed by atoms with E-state index in [4.69, 9.17) is 5.73 Å². The summed E-state index contributed by atoms with van der Waals surface area (Å²) in [5, 5.41) is 10.2. The summed E-state index contributed by atoms with van der Waals surface area (Å²) in [6, 6.07) is 11.9. The van der Waals surface area contributed by atoms with E-state index < -0.39 is 0 Å². The number of hydrogen-bond acceptors (Lipinski definition) is 4. The minimum atomic E-state index is 0.549. The Morgan fingerprint density at radius 2 is 2.17 bits per heavy atom. The fourth-order valence-electron chi connectivity index (χ4n) is 2.00. The second kappa shape index (κ2) is 5.48. The lowest BCUT2D eigenvalue weighted by atomic mass is 10.1. The lowest BCUT2D eigenvalue weighted by Crippen LogP contribution is -2.30. The third-order valence-corrected chi connectivity index (χ3v) is 2.90. The summed E-state index contributed by atoms with van der Waals surface area (Å²) >= 11 is 0. The Labute approximate surface area is 107 Å². The number of nitrogens with two attached hydrogens (primary N) is 1. The van der Waals surface area contributed by atoms with E-state index in [1.54, 1.807) is 0 Å². The molecule has 0 spiro atoms. The van der Waals surface area contributed by atoms with Crippen molar-refractivity contribution in [3.05, 3.63) is 35.9 Å². The van der Waals surface area contributed by atoms with Crippen molar-refractivity contribution in [2.24, 2.45) is 5.73 Å². The zero-order valence-electron chi connectivity index (χ0n) is 10.4. The van der Waals surface area contributed by atoms with Crippen molar-refractivity contribution in [2.45, 2.75) is 6.92 Å². The van der Waals surface area contributed by atoms with Crippen LogP contribution in [0.2, 0.25) is 0 Å². The molecule has 0 atom stereocenters. The molecule has 0 amide bonds. The highest BCUT2D eigenvalue weighted by Gasteiger charge is 2.12. The number of para-hydroxylation sites is 1. The highest BCUT2D eigenvalue weighted by atomic mass is 15.2. The van der Waals surface area contributed by atoms with Crippen molar-refractivity contribution in [2.75, 3.05) is 24.5 Å². The average molecular weight is 240 g/mol. The van der Waals surface area contributed by atoms with Gasteiger partial charge in [0.25, 0.3) is 0 Å². The van der Waals surface area contributed by atoms with E-state index >= 15 is 0 Å². The normalized spacial score (nSPS) is 10.3. The van der Waals surface area contributed by atoms with Crippen LogP contribution in [0.15, 0.2) is 30.3 Å². The van der Waals surface area contributed by atoms with Crippen molar-refractivity contribution in [3.63, 3.8) is 0 Å². The van der Waals surface area contributed by atoms with Crippen molar-refractivity contribution in [1.82, 2.24) is 4.98 Å². The standard InChI is InChI=1S/C14H16N4/c1-2-18(8-7-15)14-12(10-16)9-11-5-3-4-6-13(11)17-14/h3-6,9H,2,7-8,15H2,1H3. The van der Waals surface area contributed by atoms with Gasteiger partial charge in [0.15, 0.2) is 0 Å². The largest absolute Gasteiger partial charge is 0.355 e. The van der Waals surface area contributed by atoms with Crippen molar-refractivity contribution >= 4 is 16.7 Å². The molecule has 0 fully saturated rings. The molecule has 2 aromatic rings. The molecular formula is C14H16N4. The maximum absolute atomic E-state index is 9.24. The first kappa shape index (κ1) is 12.3. The number of fused-ring (bicyclic) bond motifs is 1. The zero-order chi connectivity index (χ0) is 13.0. The van der Waals surface area contributed by atoms with Crippen LogP contribution >= 0.6 is 0 Å². The summed E-state index contributed by atoms with van der Waals surface area (Å²) in [7, 11) is 0. The molecule has 1 aromatic carbocycles. The topological polar surface area (TPSA) is 65.9 Å². The van der Waals surface area contributed by atoms with E-state index in [-0.39, 0.29) is 0 Å². The molecule has 18 heavy (non-hydrogen) atoms. The van der Waals surface area contributed by atoms with Gasteiger partial charge in [-0.25, -0.2) is 4.98 Å². The summed E-state index contributed by atoms with van der Waals surface area (Å²) < 4.78 is 0. The van der Waals surface area contributed by atoms with Gasteiger partial charge in [-0.3, -0.25) is 0 Å². The molecule has 92 valence electrons. The fourth-order valence-corrected chi connectivity index (χ4v) is 2.00. The summed E-state index contributed by atoms with van der Waals surface area (Å²) in [5.74, 6) is 0.726. The highest BCUT2D eigenvalue weighted by molar-refractivity contribution is 5.83. The fraction of sp³-hybridized carbons (Fsp3) is 0.286. The Kier molecular flexibility index (Phi) is 3.75. The lowest BCUT2D eigenvalue weighted by molar-refractivity contribution is 0.803. The Bertz CT molecular complexity index is 586. The van der Waals surface area contributed by atoms with Gasteiger partial charge in [-0.2, -0.15) is 5.26 Å². The number of pyridine rings is 1. The average Bonchev–Trinajstić information content (AvgIpc) is 2.43.